The highest BCUT2D eigenvalue weighted by molar-refractivity contribution is 6.09. The Hall–Kier alpha value is -2.87. The van der Waals surface area contributed by atoms with E-state index in [1.807, 2.05) is 54.6 Å². The second kappa shape index (κ2) is 5.63. The van der Waals surface area contributed by atoms with E-state index in [1.165, 1.54) is 0 Å². The summed E-state index contributed by atoms with van der Waals surface area (Å²) in [5, 5.41) is 0. The van der Waals surface area contributed by atoms with Gasteiger partial charge in [0.2, 0.25) is 0 Å². The minimum absolute atomic E-state index is 0.00720. The predicted molar refractivity (Wildman–Crippen MR) is 86.2 cm³/mol. The third-order valence-electron chi connectivity index (χ3n) is 3.40. The normalized spacial score (nSPS) is 10.3. The monoisotopic (exact) mass is 273 g/mol. The Bertz CT molecular complexity index is 761. The average Bonchev–Trinajstić information content (AvgIpc) is 2.56. The lowest BCUT2D eigenvalue weighted by atomic mass is 9.98. The Morgan fingerprint density at radius 3 is 2.05 bits per heavy atom. The van der Waals surface area contributed by atoms with Crippen LogP contribution in [0.4, 0.5) is 5.69 Å². The maximum atomic E-state index is 12.5. The van der Waals surface area contributed by atoms with E-state index in [9.17, 15) is 4.79 Å². The van der Waals surface area contributed by atoms with Crippen molar-refractivity contribution < 1.29 is 4.79 Å². The van der Waals surface area contributed by atoms with E-state index in [0.717, 1.165) is 11.1 Å². The number of rotatable bonds is 3. The van der Waals surface area contributed by atoms with Crippen LogP contribution in [-0.2, 0) is 0 Å². The van der Waals surface area contributed by atoms with Gasteiger partial charge in [-0.25, -0.2) is 0 Å². The van der Waals surface area contributed by atoms with E-state index in [-0.39, 0.29) is 5.78 Å². The van der Waals surface area contributed by atoms with Crippen molar-refractivity contribution in [3.8, 4) is 11.1 Å². The quantitative estimate of drug-likeness (QED) is 0.575. The van der Waals surface area contributed by atoms with Crippen molar-refractivity contribution in [2.45, 2.75) is 0 Å². The average molecular weight is 273 g/mol. The molecule has 0 spiro atoms. The number of anilines is 1. The number of nitrogens with two attached hydrogens (primary N) is 1. The Balaban J connectivity index is 1.96. The van der Waals surface area contributed by atoms with Crippen molar-refractivity contribution in [3.63, 3.8) is 0 Å². The molecule has 2 nitrogen and oxygen atoms in total. The maximum absolute atomic E-state index is 12.5. The van der Waals surface area contributed by atoms with Crippen LogP contribution in [-0.4, -0.2) is 5.78 Å². The minimum Gasteiger partial charge on any atom is -0.399 e. The smallest absolute Gasteiger partial charge is 0.193 e. The van der Waals surface area contributed by atoms with Crippen LogP contribution in [0.5, 0.6) is 0 Å². The standard InChI is InChI=1S/C19H15NO/c20-18-11-9-15(10-12-18)19(21)17-8-4-7-16(13-17)14-5-2-1-3-6-14/h1-13H,20H2. The number of hydrogen-bond donors (Lipinski definition) is 1. The van der Waals surface area contributed by atoms with Gasteiger partial charge in [0.1, 0.15) is 0 Å². The summed E-state index contributed by atoms with van der Waals surface area (Å²) >= 11 is 0. The fraction of sp³-hybridized carbons (Fsp3) is 0. The predicted octanol–water partition coefficient (Wildman–Crippen LogP) is 4.17. The van der Waals surface area contributed by atoms with Crippen LogP contribution >= 0.6 is 0 Å². The maximum Gasteiger partial charge on any atom is 0.193 e. The van der Waals surface area contributed by atoms with Crippen LogP contribution in [0.2, 0.25) is 0 Å². The van der Waals surface area contributed by atoms with Gasteiger partial charge in [0, 0.05) is 16.8 Å². The summed E-state index contributed by atoms with van der Waals surface area (Å²) in [6, 6.07) is 24.7. The van der Waals surface area contributed by atoms with Crippen LogP contribution in [0.1, 0.15) is 15.9 Å². The molecule has 0 saturated heterocycles. The van der Waals surface area contributed by atoms with E-state index >= 15 is 0 Å². The van der Waals surface area contributed by atoms with E-state index in [0.29, 0.717) is 16.8 Å². The summed E-state index contributed by atoms with van der Waals surface area (Å²) in [6.07, 6.45) is 0. The molecule has 21 heavy (non-hydrogen) atoms. The molecule has 2 N–H and O–H groups in total. The number of carbonyl (C=O) groups is 1. The number of hydrogen-bond acceptors (Lipinski definition) is 2. The summed E-state index contributed by atoms with van der Waals surface area (Å²) in [7, 11) is 0. The fourth-order valence-electron chi connectivity index (χ4n) is 2.27. The molecule has 102 valence electrons. The van der Waals surface area contributed by atoms with Gasteiger partial charge < -0.3 is 5.73 Å². The zero-order valence-electron chi connectivity index (χ0n) is 11.5. The van der Waals surface area contributed by atoms with Gasteiger partial charge >= 0.3 is 0 Å². The van der Waals surface area contributed by atoms with Crippen LogP contribution in [0, 0.1) is 0 Å². The molecule has 2 heteroatoms. The molecule has 3 aromatic rings. The molecule has 0 aliphatic carbocycles. The molecule has 0 aliphatic rings. The molecule has 0 fully saturated rings. The number of benzene rings is 3. The highest BCUT2D eigenvalue weighted by Gasteiger charge is 2.09. The van der Waals surface area contributed by atoms with Crippen molar-refractivity contribution in [2.24, 2.45) is 0 Å². The van der Waals surface area contributed by atoms with Crippen LogP contribution in [0.25, 0.3) is 11.1 Å². The van der Waals surface area contributed by atoms with Gasteiger partial charge in [0.05, 0.1) is 0 Å². The molecule has 0 saturated carbocycles. The Morgan fingerprint density at radius 1 is 0.667 bits per heavy atom. The number of ketones is 1. The number of carbonyl (C=O) groups excluding carboxylic acids is 1. The van der Waals surface area contributed by atoms with Gasteiger partial charge in [-0.3, -0.25) is 4.79 Å². The highest BCUT2D eigenvalue weighted by atomic mass is 16.1. The molecule has 0 unspecified atom stereocenters. The van der Waals surface area contributed by atoms with Gasteiger partial charge in [-0.15, -0.1) is 0 Å². The molecular weight excluding hydrogens is 258 g/mol. The second-order valence-electron chi connectivity index (χ2n) is 4.90. The molecular formula is C19H15NO. The second-order valence-corrected chi connectivity index (χ2v) is 4.90. The van der Waals surface area contributed by atoms with Crippen molar-refractivity contribution in [1.82, 2.24) is 0 Å². The lowest BCUT2D eigenvalue weighted by Crippen LogP contribution is -2.01. The van der Waals surface area contributed by atoms with Crippen molar-refractivity contribution in [1.29, 1.82) is 0 Å². The van der Waals surface area contributed by atoms with Crippen LogP contribution < -0.4 is 5.73 Å². The van der Waals surface area contributed by atoms with E-state index in [4.69, 9.17) is 5.73 Å². The van der Waals surface area contributed by atoms with Crippen molar-refractivity contribution >= 4 is 11.5 Å². The van der Waals surface area contributed by atoms with Crippen molar-refractivity contribution in [3.05, 3.63) is 90.0 Å². The fourth-order valence-corrected chi connectivity index (χ4v) is 2.27. The zero-order valence-corrected chi connectivity index (χ0v) is 11.5. The first-order valence-corrected chi connectivity index (χ1v) is 6.80. The van der Waals surface area contributed by atoms with E-state index < -0.39 is 0 Å². The molecule has 0 bridgehead atoms. The Kier molecular flexibility index (Phi) is 3.52. The van der Waals surface area contributed by atoms with Gasteiger partial charge in [-0.05, 0) is 41.5 Å². The largest absolute Gasteiger partial charge is 0.399 e. The highest BCUT2D eigenvalue weighted by Crippen LogP contribution is 2.21. The molecule has 0 amide bonds. The third kappa shape index (κ3) is 2.84. The molecule has 0 radical (unpaired) electrons. The third-order valence-corrected chi connectivity index (χ3v) is 3.40. The summed E-state index contributed by atoms with van der Waals surface area (Å²) < 4.78 is 0. The van der Waals surface area contributed by atoms with E-state index in [1.54, 1.807) is 24.3 Å². The number of nitrogen functional groups attached to an aromatic ring is 1. The van der Waals surface area contributed by atoms with Crippen LogP contribution in [0.15, 0.2) is 78.9 Å². The lowest BCUT2D eigenvalue weighted by molar-refractivity contribution is 0.103. The molecule has 0 aliphatic heterocycles. The first-order valence-electron chi connectivity index (χ1n) is 6.80. The minimum atomic E-state index is 0.00720. The summed E-state index contributed by atoms with van der Waals surface area (Å²) in [4.78, 5) is 12.5. The van der Waals surface area contributed by atoms with E-state index in [2.05, 4.69) is 0 Å². The van der Waals surface area contributed by atoms with Crippen LogP contribution in [0.3, 0.4) is 0 Å². The van der Waals surface area contributed by atoms with Crippen molar-refractivity contribution in [2.75, 3.05) is 5.73 Å². The first kappa shape index (κ1) is 13.1. The van der Waals surface area contributed by atoms with Gasteiger partial charge in [0.25, 0.3) is 0 Å². The Labute approximate surface area is 123 Å². The molecule has 0 aromatic heterocycles. The molecule has 3 rings (SSSR count). The SMILES string of the molecule is Nc1ccc(C(=O)c2cccc(-c3ccccc3)c2)cc1. The summed E-state index contributed by atoms with van der Waals surface area (Å²) in [6.45, 7) is 0. The summed E-state index contributed by atoms with van der Waals surface area (Å²) in [5.41, 5.74) is 9.78. The van der Waals surface area contributed by atoms with Gasteiger partial charge in [-0.1, -0.05) is 48.5 Å². The Morgan fingerprint density at radius 2 is 1.33 bits per heavy atom. The topological polar surface area (TPSA) is 43.1 Å². The first-order chi connectivity index (χ1) is 10.2. The molecule has 0 atom stereocenters. The molecule has 0 heterocycles. The summed E-state index contributed by atoms with van der Waals surface area (Å²) in [5.74, 6) is 0.00720. The van der Waals surface area contributed by atoms with Gasteiger partial charge in [0.15, 0.2) is 5.78 Å². The zero-order chi connectivity index (χ0) is 14.7. The van der Waals surface area contributed by atoms with Gasteiger partial charge in [-0.2, -0.15) is 0 Å². The lowest BCUT2D eigenvalue weighted by Gasteiger charge is -2.05. The molecule has 3 aromatic carbocycles.